The van der Waals surface area contributed by atoms with Gasteiger partial charge < -0.3 is 19.1 Å². The molecule has 0 saturated heterocycles. The third-order valence-electron chi connectivity index (χ3n) is 6.07. The Balaban J connectivity index is 1.95. The summed E-state index contributed by atoms with van der Waals surface area (Å²) in [6.07, 6.45) is 0.691. The Morgan fingerprint density at radius 1 is 1.08 bits per heavy atom. The van der Waals surface area contributed by atoms with Crippen molar-refractivity contribution in [2.75, 3.05) is 41.0 Å². The summed E-state index contributed by atoms with van der Waals surface area (Å²) in [5, 5.41) is 6.09. The summed E-state index contributed by atoms with van der Waals surface area (Å²) in [4.78, 5) is 28.2. The zero-order valence-electron chi connectivity index (χ0n) is 22.4. The van der Waals surface area contributed by atoms with Gasteiger partial charge in [-0.1, -0.05) is 32.9 Å². The van der Waals surface area contributed by atoms with Gasteiger partial charge in [0.25, 0.3) is 5.91 Å². The van der Waals surface area contributed by atoms with Gasteiger partial charge in [0, 0.05) is 38.1 Å². The second kappa shape index (κ2) is 12.2. The minimum Gasteiger partial charge on any atom is -0.497 e. The molecule has 8 nitrogen and oxygen atoms in total. The average molecular weight is 514 g/mol. The van der Waals surface area contributed by atoms with Gasteiger partial charge in [-0.25, -0.2) is 9.40 Å². The topological polar surface area (TPSA) is 80.7 Å². The number of hydrogen-bond donors (Lipinski definition) is 0. The molecule has 1 aliphatic rings. The molecular weight excluding hydrogens is 477 g/mol. The smallest absolute Gasteiger partial charge is 0.262 e. The standard InChI is InChI=1S/C28H36FN3O5/c1-28(2,3)17-26(33)31(13-14-35-4)18-27(34)32-24(19-7-9-20(29)10-8-19)16-23(30-32)22-12-11-21(36-5)15-25(22)37-6/h7-12,15,24H,13-14,16-18H2,1-6H3/t24-/m1/s1. The number of amides is 2. The van der Waals surface area contributed by atoms with Crippen LogP contribution in [-0.2, 0) is 14.3 Å². The normalized spacial score (nSPS) is 15.4. The first-order chi connectivity index (χ1) is 17.6. The fraction of sp³-hybridized carbons (Fsp3) is 0.464. The lowest BCUT2D eigenvalue weighted by Gasteiger charge is -2.29. The van der Waals surface area contributed by atoms with Crippen LogP contribution in [-0.4, -0.2) is 68.5 Å². The Kier molecular flexibility index (Phi) is 9.26. The van der Waals surface area contributed by atoms with Crippen LogP contribution in [0.4, 0.5) is 4.39 Å². The fourth-order valence-electron chi connectivity index (χ4n) is 4.18. The molecule has 2 aromatic carbocycles. The van der Waals surface area contributed by atoms with Crippen LogP contribution in [0, 0.1) is 11.2 Å². The van der Waals surface area contributed by atoms with Gasteiger partial charge in [-0.3, -0.25) is 9.59 Å². The van der Waals surface area contributed by atoms with Crippen molar-refractivity contribution >= 4 is 17.5 Å². The summed E-state index contributed by atoms with van der Waals surface area (Å²) < 4.78 is 29.7. The van der Waals surface area contributed by atoms with Gasteiger partial charge >= 0.3 is 0 Å². The maximum absolute atomic E-state index is 13.7. The van der Waals surface area contributed by atoms with E-state index in [2.05, 4.69) is 5.10 Å². The van der Waals surface area contributed by atoms with Gasteiger partial charge in [-0.2, -0.15) is 5.10 Å². The van der Waals surface area contributed by atoms with Gasteiger partial charge in [0.2, 0.25) is 5.91 Å². The molecule has 200 valence electrons. The van der Waals surface area contributed by atoms with Crippen LogP contribution in [0.5, 0.6) is 11.5 Å². The average Bonchev–Trinajstić information content (AvgIpc) is 3.30. The third kappa shape index (κ3) is 7.29. The van der Waals surface area contributed by atoms with Crippen molar-refractivity contribution in [3.05, 3.63) is 59.4 Å². The SMILES string of the molecule is COCCN(CC(=O)N1N=C(c2ccc(OC)cc2OC)C[C@@H]1c1ccc(F)cc1)C(=O)CC(C)(C)C. The Morgan fingerprint density at radius 2 is 1.78 bits per heavy atom. The molecule has 2 aromatic rings. The first-order valence-corrected chi connectivity index (χ1v) is 12.2. The Labute approximate surface area is 218 Å². The highest BCUT2D eigenvalue weighted by molar-refractivity contribution is 6.05. The van der Waals surface area contributed by atoms with E-state index in [1.807, 2.05) is 26.8 Å². The van der Waals surface area contributed by atoms with Gasteiger partial charge in [0.1, 0.15) is 23.9 Å². The summed E-state index contributed by atoms with van der Waals surface area (Å²) in [5.41, 5.74) is 1.88. The maximum atomic E-state index is 13.7. The molecule has 0 N–H and O–H groups in total. The molecule has 0 aromatic heterocycles. The van der Waals surface area contributed by atoms with E-state index >= 15 is 0 Å². The van der Waals surface area contributed by atoms with Gasteiger partial charge in [0.05, 0.1) is 32.6 Å². The van der Waals surface area contributed by atoms with Crippen LogP contribution in [0.3, 0.4) is 0 Å². The number of hydrogen-bond acceptors (Lipinski definition) is 6. The van der Waals surface area contributed by atoms with Crippen LogP contribution in [0.1, 0.15) is 50.8 Å². The zero-order valence-corrected chi connectivity index (χ0v) is 22.4. The number of methoxy groups -OCH3 is 3. The number of halogens is 1. The molecule has 1 heterocycles. The minimum atomic E-state index is -0.461. The van der Waals surface area contributed by atoms with E-state index in [4.69, 9.17) is 14.2 Å². The largest absolute Gasteiger partial charge is 0.497 e. The Morgan fingerprint density at radius 3 is 2.38 bits per heavy atom. The molecular formula is C28H36FN3O5. The second-order valence-corrected chi connectivity index (χ2v) is 10.2. The maximum Gasteiger partial charge on any atom is 0.262 e. The molecule has 0 aliphatic carbocycles. The predicted octanol–water partition coefficient (Wildman–Crippen LogP) is 4.43. The summed E-state index contributed by atoms with van der Waals surface area (Å²) >= 11 is 0. The predicted molar refractivity (Wildman–Crippen MR) is 139 cm³/mol. The molecule has 0 radical (unpaired) electrons. The van der Waals surface area contributed by atoms with E-state index in [0.29, 0.717) is 36.7 Å². The second-order valence-electron chi connectivity index (χ2n) is 10.2. The highest BCUT2D eigenvalue weighted by Gasteiger charge is 2.35. The molecule has 2 amide bonds. The van der Waals surface area contributed by atoms with E-state index in [0.717, 1.165) is 11.1 Å². The monoisotopic (exact) mass is 513 g/mol. The molecule has 37 heavy (non-hydrogen) atoms. The highest BCUT2D eigenvalue weighted by atomic mass is 19.1. The van der Waals surface area contributed by atoms with Crippen molar-refractivity contribution in [2.24, 2.45) is 10.5 Å². The van der Waals surface area contributed by atoms with E-state index in [1.165, 1.54) is 22.0 Å². The first kappa shape index (κ1) is 28.1. The van der Waals surface area contributed by atoms with Gasteiger partial charge in [-0.15, -0.1) is 0 Å². The number of ether oxygens (including phenoxy) is 3. The Bertz CT molecular complexity index is 1130. The molecule has 9 heteroatoms. The number of carbonyl (C=O) groups is 2. The first-order valence-electron chi connectivity index (χ1n) is 12.2. The van der Waals surface area contributed by atoms with Crippen molar-refractivity contribution in [3.8, 4) is 11.5 Å². The van der Waals surface area contributed by atoms with Crippen molar-refractivity contribution in [2.45, 2.75) is 39.7 Å². The molecule has 1 aliphatic heterocycles. The lowest BCUT2D eigenvalue weighted by Crippen LogP contribution is -2.43. The minimum absolute atomic E-state index is 0.128. The van der Waals surface area contributed by atoms with Crippen LogP contribution in [0.2, 0.25) is 0 Å². The fourth-order valence-corrected chi connectivity index (χ4v) is 4.18. The molecule has 0 bridgehead atoms. The summed E-state index contributed by atoms with van der Waals surface area (Å²) in [7, 11) is 4.68. The van der Waals surface area contributed by atoms with Crippen molar-refractivity contribution in [1.82, 2.24) is 9.91 Å². The van der Waals surface area contributed by atoms with E-state index in [-0.39, 0.29) is 36.1 Å². The molecule has 1 atom stereocenters. The van der Waals surface area contributed by atoms with Crippen LogP contribution in [0.15, 0.2) is 47.6 Å². The van der Waals surface area contributed by atoms with Gasteiger partial charge in [-0.05, 0) is 35.2 Å². The summed E-state index contributed by atoms with van der Waals surface area (Å²) in [5.74, 6) is 0.364. The molecule has 0 fully saturated rings. The van der Waals surface area contributed by atoms with Crippen molar-refractivity contribution < 1.29 is 28.2 Å². The third-order valence-corrected chi connectivity index (χ3v) is 6.07. The highest BCUT2D eigenvalue weighted by Crippen LogP contribution is 2.36. The van der Waals surface area contributed by atoms with Crippen molar-refractivity contribution in [1.29, 1.82) is 0 Å². The number of nitrogens with zero attached hydrogens (tertiary/aromatic N) is 3. The molecule has 0 unspecified atom stereocenters. The zero-order chi connectivity index (χ0) is 27.2. The number of carbonyl (C=O) groups excluding carboxylic acids is 2. The number of hydrazone groups is 1. The molecule has 0 spiro atoms. The van der Waals surface area contributed by atoms with Crippen LogP contribution >= 0.6 is 0 Å². The van der Waals surface area contributed by atoms with E-state index in [9.17, 15) is 14.0 Å². The lowest BCUT2D eigenvalue weighted by molar-refractivity contribution is -0.143. The molecule has 0 saturated carbocycles. The quantitative estimate of drug-likeness (QED) is 0.470. The van der Waals surface area contributed by atoms with Crippen LogP contribution < -0.4 is 9.47 Å². The summed E-state index contributed by atoms with van der Waals surface area (Å²) in [6, 6.07) is 11.0. The molecule has 3 rings (SSSR count). The van der Waals surface area contributed by atoms with E-state index in [1.54, 1.807) is 45.6 Å². The van der Waals surface area contributed by atoms with Crippen molar-refractivity contribution in [3.63, 3.8) is 0 Å². The van der Waals surface area contributed by atoms with Gasteiger partial charge in [0.15, 0.2) is 0 Å². The van der Waals surface area contributed by atoms with Crippen LogP contribution in [0.25, 0.3) is 0 Å². The van der Waals surface area contributed by atoms with E-state index < -0.39 is 6.04 Å². The summed E-state index contributed by atoms with van der Waals surface area (Å²) in [6.45, 7) is 6.38. The number of benzene rings is 2. The lowest BCUT2D eigenvalue weighted by atomic mass is 9.91. The number of rotatable bonds is 10. The Hall–Kier alpha value is -3.46.